The Kier molecular flexibility index (Phi) is 3.79. The third-order valence-corrected chi connectivity index (χ3v) is 2.58. The number of nitrogens with one attached hydrogen (secondary N) is 1. The second-order valence-electron chi connectivity index (χ2n) is 3.99. The molecule has 0 unspecified atom stereocenters. The molecule has 0 atom stereocenters. The number of carbonyl (C=O) groups is 1. The van der Waals surface area contributed by atoms with Crippen LogP contribution in [0.1, 0.15) is 5.56 Å². The Hall–Kier alpha value is -2.07. The van der Waals surface area contributed by atoms with Gasteiger partial charge in [-0.3, -0.25) is 4.79 Å². The predicted octanol–water partition coefficient (Wildman–Crippen LogP) is 2.84. The lowest BCUT2D eigenvalue weighted by molar-refractivity contribution is -0.119. The average molecular weight is 245 g/mol. The molecule has 1 N–H and O–H groups in total. The molecule has 0 aliphatic carbocycles. The van der Waals surface area contributed by atoms with Gasteiger partial charge in [0.15, 0.2) is 0 Å². The molecule has 4 nitrogen and oxygen atoms in total. The highest BCUT2D eigenvalue weighted by Crippen LogP contribution is 2.26. The van der Waals surface area contributed by atoms with Gasteiger partial charge < -0.3 is 14.5 Å². The predicted molar refractivity (Wildman–Crippen MR) is 69.4 cm³/mol. The van der Waals surface area contributed by atoms with Crippen molar-refractivity contribution in [3.05, 3.63) is 42.2 Å². The third kappa shape index (κ3) is 2.78. The molecule has 0 spiro atoms. The van der Waals surface area contributed by atoms with E-state index in [-0.39, 0.29) is 12.5 Å². The zero-order chi connectivity index (χ0) is 13.0. The van der Waals surface area contributed by atoms with Gasteiger partial charge in [-0.2, -0.15) is 0 Å². The van der Waals surface area contributed by atoms with Gasteiger partial charge in [0, 0.05) is 18.4 Å². The summed E-state index contributed by atoms with van der Waals surface area (Å²) >= 11 is 0. The number of hydrogen-bond acceptors (Lipinski definition) is 3. The minimum absolute atomic E-state index is 0.0456. The van der Waals surface area contributed by atoms with Gasteiger partial charge in [-0.25, -0.2) is 0 Å². The second-order valence-corrected chi connectivity index (χ2v) is 3.99. The summed E-state index contributed by atoms with van der Waals surface area (Å²) in [7, 11) is 1.49. The number of benzene rings is 1. The van der Waals surface area contributed by atoms with Gasteiger partial charge in [-0.1, -0.05) is 6.07 Å². The molecule has 0 bridgehead atoms. The number of ether oxygens (including phenoxy) is 1. The number of amides is 1. The minimum atomic E-state index is -0.174. The maximum atomic E-state index is 11.4. The number of carbonyl (C=O) groups excluding carboxylic acids is 1. The number of aryl methyl sites for hydroxylation is 1. The lowest BCUT2D eigenvalue weighted by atomic mass is 10.1. The first-order valence-electron chi connectivity index (χ1n) is 5.64. The van der Waals surface area contributed by atoms with Crippen LogP contribution in [0.5, 0.6) is 0 Å². The van der Waals surface area contributed by atoms with Crippen LogP contribution in [0.4, 0.5) is 5.69 Å². The monoisotopic (exact) mass is 245 g/mol. The van der Waals surface area contributed by atoms with E-state index in [1.165, 1.54) is 7.11 Å². The molecule has 0 aliphatic rings. The maximum Gasteiger partial charge on any atom is 0.250 e. The molecule has 0 saturated heterocycles. The summed E-state index contributed by atoms with van der Waals surface area (Å²) in [5.74, 6) is 0.613. The Morgan fingerprint density at radius 3 is 2.89 bits per heavy atom. The molecule has 1 aromatic heterocycles. The molecule has 1 heterocycles. The van der Waals surface area contributed by atoms with Gasteiger partial charge in [0.05, 0.1) is 6.26 Å². The highest BCUT2D eigenvalue weighted by molar-refractivity contribution is 5.92. The summed E-state index contributed by atoms with van der Waals surface area (Å²) in [4.78, 5) is 11.4. The Morgan fingerprint density at radius 2 is 2.22 bits per heavy atom. The number of hydrogen-bond donors (Lipinski definition) is 1. The topological polar surface area (TPSA) is 51.5 Å². The standard InChI is InChI=1S/C14H15NO3/c1-10-5-6-11(15-14(16)9-17-2)8-12(10)13-4-3-7-18-13/h3-8H,9H2,1-2H3,(H,15,16). The second kappa shape index (κ2) is 5.51. The Balaban J connectivity index is 2.24. The smallest absolute Gasteiger partial charge is 0.250 e. The zero-order valence-electron chi connectivity index (χ0n) is 10.4. The Morgan fingerprint density at radius 1 is 1.39 bits per heavy atom. The first-order chi connectivity index (χ1) is 8.70. The van der Waals surface area contributed by atoms with E-state index in [4.69, 9.17) is 9.15 Å². The van der Waals surface area contributed by atoms with Crippen molar-refractivity contribution >= 4 is 11.6 Å². The summed E-state index contributed by atoms with van der Waals surface area (Å²) in [6.45, 7) is 2.04. The molecule has 2 aromatic rings. The van der Waals surface area contributed by atoms with Crippen LogP contribution in [0, 0.1) is 6.92 Å². The Bertz CT molecular complexity index is 532. The first kappa shape index (κ1) is 12.4. The Labute approximate surface area is 106 Å². The molecule has 1 aromatic carbocycles. The van der Waals surface area contributed by atoms with Crippen LogP contribution in [0.3, 0.4) is 0 Å². The van der Waals surface area contributed by atoms with E-state index in [9.17, 15) is 4.79 Å². The van der Waals surface area contributed by atoms with Crippen molar-refractivity contribution in [2.45, 2.75) is 6.92 Å². The van der Waals surface area contributed by atoms with Crippen molar-refractivity contribution in [2.75, 3.05) is 19.0 Å². The summed E-state index contributed by atoms with van der Waals surface area (Å²) < 4.78 is 10.1. The van der Waals surface area contributed by atoms with Crippen LogP contribution < -0.4 is 5.32 Å². The van der Waals surface area contributed by atoms with Crippen molar-refractivity contribution in [1.29, 1.82) is 0 Å². The van der Waals surface area contributed by atoms with Gasteiger partial charge >= 0.3 is 0 Å². The minimum Gasteiger partial charge on any atom is -0.464 e. The molecule has 0 fully saturated rings. The number of rotatable bonds is 4. The highest BCUT2D eigenvalue weighted by atomic mass is 16.5. The first-order valence-corrected chi connectivity index (χ1v) is 5.64. The van der Waals surface area contributed by atoms with Crippen molar-refractivity contribution in [1.82, 2.24) is 0 Å². The summed E-state index contributed by atoms with van der Waals surface area (Å²) in [6.07, 6.45) is 1.63. The number of methoxy groups -OCH3 is 1. The molecule has 4 heteroatoms. The van der Waals surface area contributed by atoms with Gasteiger partial charge in [0.2, 0.25) is 5.91 Å². The van der Waals surface area contributed by atoms with Gasteiger partial charge in [0.1, 0.15) is 12.4 Å². The fourth-order valence-electron chi connectivity index (χ4n) is 1.73. The summed E-state index contributed by atoms with van der Waals surface area (Å²) in [5, 5.41) is 2.77. The van der Waals surface area contributed by atoms with Gasteiger partial charge in [-0.15, -0.1) is 0 Å². The van der Waals surface area contributed by atoms with E-state index in [0.29, 0.717) is 0 Å². The largest absolute Gasteiger partial charge is 0.464 e. The quantitative estimate of drug-likeness (QED) is 0.901. The maximum absolute atomic E-state index is 11.4. The van der Waals surface area contributed by atoms with E-state index < -0.39 is 0 Å². The van der Waals surface area contributed by atoms with Crippen LogP contribution in [-0.4, -0.2) is 19.6 Å². The molecule has 0 radical (unpaired) electrons. The third-order valence-electron chi connectivity index (χ3n) is 2.58. The van der Waals surface area contributed by atoms with Crippen molar-refractivity contribution in [3.8, 4) is 11.3 Å². The molecule has 94 valence electrons. The summed E-state index contributed by atoms with van der Waals surface area (Å²) in [6, 6.07) is 9.42. The van der Waals surface area contributed by atoms with E-state index >= 15 is 0 Å². The molecule has 18 heavy (non-hydrogen) atoms. The summed E-state index contributed by atoms with van der Waals surface area (Å²) in [5.41, 5.74) is 2.79. The highest BCUT2D eigenvalue weighted by Gasteiger charge is 2.07. The molecule has 2 rings (SSSR count). The zero-order valence-corrected chi connectivity index (χ0v) is 10.4. The van der Waals surface area contributed by atoms with Gasteiger partial charge in [0.25, 0.3) is 0 Å². The fourth-order valence-corrected chi connectivity index (χ4v) is 1.73. The molecular weight excluding hydrogens is 230 g/mol. The molecular formula is C14H15NO3. The van der Waals surface area contributed by atoms with Crippen molar-refractivity contribution in [3.63, 3.8) is 0 Å². The van der Waals surface area contributed by atoms with Crippen molar-refractivity contribution < 1.29 is 13.9 Å². The number of furan rings is 1. The normalized spacial score (nSPS) is 10.3. The van der Waals surface area contributed by atoms with Crippen molar-refractivity contribution in [2.24, 2.45) is 0 Å². The lowest BCUT2D eigenvalue weighted by Gasteiger charge is -2.08. The van der Waals surface area contributed by atoms with Gasteiger partial charge in [-0.05, 0) is 36.8 Å². The molecule has 0 aliphatic heterocycles. The van der Waals surface area contributed by atoms with Crippen LogP contribution in [0.15, 0.2) is 41.0 Å². The van der Waals surface area contributed by atoms with Crippen LogP contribution in [0.25, 0.3) is 11.3 Å². The SMILES string of the molecule is COCC(=O)Nc1ccc(C)c(-c2ccco2)c1. The average Bonchev–Trinajstić information content (AvgIpc) is 2.85. The number of anilines is 1. The van der Waals surface area contributed by atoms with Crippen LogP contribution in [-0.2, 0) is 9.53 Å². The van der Waals surface area contributed by atoms with E-state index in [0.717, 1.165) is 22.6 Å². The fraction of sp³-hybridized carbons (Fsp3) is 0.214. The molecule has 1 amide bonds. The van der Waals surface area contributed by atoms with Crippen LogP contribution in [0.2, 0.25) is 0 Å². The van der Waals surface area contributed by atoms with E-state index in [1.807, 2.05) is 37.3 Å². The van der Waals surface area contributed by atoms with Crippen LogP contribution >= 0.6 is 0 Å². The molecule has 0 saturated carbocycles. The van der Waals surface area contributed by atoms with E-state index in [2.05, 4.69) is 5.32 Å². The van der Waals surface area contributed by atoms with E-state index in [1.54, 1.807) is 6.26 Å². The lowest BCUT2D eigenvalue weighted by Crippen LogP contribution is -2.17.